The van der Waals surface area contributed by atoms with Crippen LogP contribution in [0.25, 0.3) is 0 Å². The van der Waals surface area contributed by atoms with Crippen LogP contribution in [-0.2, 0) is 6.42 Å². The third-order valence-electron chi connectivity index (χ3n) is 3.98. The summed E-state index contributed by atoms with van der Waals surface area (Å²) in [7, 11) is 0. The van der Waals surface area contributed by atoms with Crippen LogP contribution in [0.2, 0.25) is 0 Å². The van der Waals surface area contributed by atoms with E-state index in [0.29, 0.717) is 12.3 Å². The molecule has 0 radical (unpaired) electrons. The van der Waals surface area contributed by atoms with Crippen LogP contribution in [0.4, 0.5) is 0 Å². The molecule has 2 aromatic carbocycles. The Morgan fingerprint density at radius 1 is 1.10 bits per heavy atom. The van der Waals surface area contributed by atoms with Crippen molar-refractivity contribution in [3.63, 3.8) is 0 Å². The molecule has 1 aliphatic rings. The summed E-state index contributed by atoms with van der Waals surface area (Å²) in [6, 6.07) is 16.3. The number of rotatable bonds is 3. The van der Waals surface area contributed by atoms with Gasteiger partial charge in [-0.1, -0.05) is 56.3 Å². The molecule has 0 spiro atoms. The molecule has 0 aliphatic carbocycles. The summed E-state index contributed by atoms with van der Waals surface area (Å²) >= 11 is 0. The Bertz CT molecular complexity index is 601. The van der Waals surface area contributed by atoms with Crippen LogP contribution in [0.3, 0.4) is 0 Å². The van der Waals surface area contributed by atoms with E-state index < -0.39 is 6.10 Å². The molecule has 0 saturated carbocycles. The molecule has 1 unspecified atom stereocenters. The average Bonchev–Trinajstić information content (AvgIpc) is 2.47. The van der Waals surface area contributed by atoms with Gasteiger partial charge in [0.05, 0.1) is 6.10 Å². The highest BCUT2D eigenvalue weighted by molar-refractivity contribution is 5.38. The maximum atomic E-state index is 10.3. The molecule has 2 nitrogen and oxygen atoms in total. The molecule has 2 atom stereocenters. The van der Waals surface area contributed by atoms with Gasteiger partial charge in [-0.25, -0.2) is 0 Å². The smallest absolute Gasteiger partial charge is 0.127 e. The lowest BCUT2D eigenvalue weighted by atomic mass is 9.94. The molecule has 1 heterocycles. The second kappa shape index (κ2) is 5.90. The predicted octanol–water partition coefficient (Wildman–Crippen LogP) is 4.44. The maximum Gasteiger partial charge on any atom is 0.127 e. The van der Waals surface area contributed by atoms with Gasteiger partial charge in [-0.15, -0.1) is 0 Å². The van der Waals surface area contributed by atoms with Crippen LogP contribution in [-0.4, -0.2) is 5.11 Å². The van der Waals surface area contributed by atoms with Crippen molar-refractivity contribution in [2.45, 2.75) is 38.9 Å². The quantitative estimate of drug-likeness (QED) is 0.901. The lowest BCUT2D eigenvalue weighted by molar-refractivity contribution is 0.0657. The molecule has 1 N–H and O–H groups in total. The van der Waals surface area contributed by atoms with Gasteiger partial charge in [0.25, 0.3) is 0 Å². The largest absolute Gasteiger partial charge is 0.485 e. The van der Waals surface area contributed by atoms with E-state index in [1.54, 1.807) is 0 Å². The topological polar surface area (TPSA) is 29.5 Å². The summed E-state index contributed by atoms with van der Waals surface area (Å²) in [5, 5.41) is 10.3. The van der Waals surface area contributed by atoms with Gasteiger partial charge in [0.15, 0.2) is 0 Å². The molecule has 2 aromatic rings. The maximum absolute atomic E-state index is 10.3. The fourth-order valence-corrected chi connectivity index (χ4v) is 2.94. The minimum Gasteiger partial charge on any atom is -0.485 e. The van der Waals surface area contributed by atoms with Crippen LogP contribution in [0.1, 0.15) is 49.2 Å². The number of hydrogen-bond acceptors (Lipinski definition) is 2. The van der Waals surface area contributed by atoms with Crippen molar-refractivity contribution in [2.75, 3.05) is 0 Å². The molecule has 2 heteroatoms. The Balaban J connectivity index is 1.79. The van der Waals surface area contributed by atoms with Gasteiger partial charge in [0.1, 0.15) is 11.9 Å². The number of para-hydroxylation sites is 1. The molecular formula is C19H22O2. The van der Waals surface area contributed by atoms with Crippen molar-refractivity contribution in [1.82, 2.24) is 0 Å². The van der Waals surface area contributed by atoms with Crippen LogP contribution >= 0.6 is 0 Å². The van der Waals surface area contributed by atoms with Gasteiger partial charge in [0.2, 0.25) is 0 Å². The van der Waals surface area contributed by atoms with E-state index in [2.05, 4.69) is 38.1 Å². The lowest BCUT2D eigenvalue weighted by Crippen LogP contribution is -2.18. The van der Waals surface area contributed by atoms with Crippen molar-refractivity contribution < 1.29 is 9.84 Å². The van der Waals surface area contributed by atoms with Crippen LogP contribution in [0.15, 0.2) is 48.5 Å². The first-order valence-electron chi connectivity index (χ1n) is 7.66. The first kappa shape index (κ1) is 14.2. The Morgan fingerprint density at radius 2 is 1.81 bits per heavy atom. The number of aliphatic hydroxyl groups is 1. The predicted molar refractivity (Wildman–Crippen MR) is 84.4 cm³/mol. The Labute approximate surface area is 126 Å². The summed E-state index contributed by atoms with van der Waals surface area (Å²) < 4.78 is 6.05. The summed E-state index contributed by atoms with van der Waals surface area (Å²) in [5.41, 5.74) is 3.38. The van der Waals surface area contributed by atoms with E-state index >= 15 is 0 Å². The van der Waals surface area contributed by atoms with Gasteiger partial charge < -0.3 is 9.84 Å². The molecule has 1 aliphatic heterocycles. The fourth-order valence-electron chi connectivity index (χ4n) is 2.94. The van der Waals surface area contributed by atoms with Crippen LogP contribution < -0.4 is 4.74 Å². The zero-order valence-electron chi connectivity index (χ0n) is 12.6. The average molecular weight is 282 g/mol. The fraction of sp³-hybridized carbons (Fsp3) is 0.368. The zero-order chi connectivity index (χ0) is 14.8. The molecule has 21 heavy (non-hydrogen) atoms. The van der Waals surface area contributed by atoms with E-state index in [-0.39, 0.29) is 6.10 Å². The van der Waals surface area contributed by atoms with Gasteiger partial charge in [0, 0.05) is 12.0 Å². The van der Waals surface area contributed by atoms with Crippen molar-refractivity contribution >= 4 is 0 Å². The van der Waals surface area contributed by atoms with Gasteiger partial charge in [-0.3, -0.25) is 0 Å². The van der Waals surface area contributed by atoms with Gasteiger partial charge >= 0.3 is 0 Å². The Hall–Kier alpha value is -1.80. The third kappa shape index (κ3) is 3.11. The van der Waals surface area contributed by atoms with E-state index in [1.807, 2.05) is 24.3 Å². The standard InChI is InChI=1S/C19H22O2/c1-13(2)11-14-7-9-15(10-8-14)19-12-17(20)16-5-3-4-6-18(16)21-19/h3-10,13,17,19-20H,11-12H2,1-2H3/t17-,19?/m0/s1. The van der Waals surface area contributed by atoms with Crippen molar-refractivity contribution in [3.05, 3.63) is 65.2 Å². The van der Waals surface area contributed by atoms with Crippen LogP contribution in [0.5, 0.6) is 5.75 Å². The summed E-state index contributed by atoms with van der Waals surface area (Å²) in [4.78, 5) is 0. The molecular weight excluding hydrogens is 260 g/mol. The molecule has 3 rings (SSSR count). The number of ether oxygens (including phenoxy) is 1. The highest BCUT2D eigenvalue weighted by Crippen LogP contribution is 2.40. The molecule has 0 aromatic heterocycles. The van der Waals surface area contributed by atoms with E-state index in [1.165, 1.54) is 5.56 Å². The van der Waals surface area contributed by atoms with Crippen molar-refractivity contribution in [2.24, 2.45) is 5.92 Å². The zero-order valence-corrected chi connectivity index (χ0v) is 12.6. The van der Waals surface area contributed by atoms with E-state index in [4.69, 9.17) is 4.74 Å². The normalized spacial score (nSPS) is 21.0. The van der Waals surface area contributed by atoms with Crippen molar-refractivity contribution in [3.8, 4) is 5.75 Å². The number of benzene rings is 2. The molecule has 0 bridgehead atoms. The van der Waals surface area contributed by atoms with Crippen LogP contribution in [0, 0.1) is 5.92 Å². The third-order valence-corrected chi connectivity index (χ3v) is 3.98. The second-order valence-corrected chi connectivity index (χ2v) is 6.24. The highest BCUT2D eigenvalue weighted by atomic mass is 16.5. The molecule has 0 fully saturated rings. The highest BCUT2D eigenvalue weighted by Gasteiger charge is 2.27. The first-order valence-corrected chi connectivity index (χ1v) is 7.66. The summed E-state index contributed by atoms with van der Waals surface area (Å²) in [5.74, 6) is 1.46. The van der Waals surface area contributed by atoms with E-state index in [9.17, 15) is 5.11 Å². The number of hydrogen-bond donors (Lipinski definition) is 1. The Morgan fingerprint density at radius 3 is 2.52 bits per heavy atom. The monoisotopic (exact) mass is 282 g/mol. The lowest BCUT2D eigenvalue weighted by Gasteiger charge is -2.30. The number of fused-ring (bicyclic) bond motifs is 1. The van der Waals surface area contributed by atoms with Gasteiger partial charge in [-0.2, -0.15) is 0 Å². The molecule has 0 saturated heterocycles. The molecule has 0 amide bonds. The van der Waals surface area contributed by atoms with Crippen molar-refractivity contribution in [1.29, 1.82) is 0 Å². The minimum absolute atomic E-state index is 0.0667. The number of aliphatic hydroxyl groups excluding tert-OH is 1. The second-order valence-electron chi connectivity index (χ2n) is 6.24. The van der Waals surface area contributed by atoms with Gasteiger partial charge in [-0.05, 0) is 29.5 Å². The summed E-state index contributed by atoms with van der Waals surface area (Å²) in [6.07, 6.45) is 1.19. The minimum atomic E-state index is -0.449. The van der Waals surface area contributed by atoms with E-state index in [0.717, 1.165) is 23.3 Å². The molecule has 110 valence electrons. The SMILES string of the molecule is CC(C)Cc1ccc(C2C[C@H](O)c3ccccc3O2)cc1. The summed E-state index contributed by atoms with van der Waals surface area (Å²) in [6.45, 7) is 4.46. The first-order chi connectivity index (χ1) is 10.1. The Kier molecular flexibility index (Phi) is 3.98.